The Morgan fingerprint density at radius 2 is 2.32 bits per heavy atom. The van der Waals surface area contributed by atoms with E-state index in [1.54, 1.807) is 0 Å². The van der Waals surface area contributed by atoms with Crippen LogP contribution >= 0.6 is 12.4 Å². The van der Waals surface area contributed by atoms with Gasteiger partial charge < -0.3 is 15.0 Å². The Bertz CT molecular complexity index is 518. The topological polar surface area (TPSA) is 70.2 Å². The molecule has 1 fully saturated rings. The summed E-state index contributed by atoms with van der Waals surface area (Å²) in [5, 5.41) is 10.6. The van der Waals surface area contributed by atoms with Gasteiger partial charge in [-0.25, -0.2) is 0 Å². The first kappa shape index (κ1) is 17.2. The van der Waals surface area contributed by atoms with Crippen LogP contribution in [0.1, 0.15) is 42.0 Å². The van der Waals surface area contributed by atoms with Crippen LogP contribution < -0.4 is 5.32 Å². The maximum absolute atomic E-state index is 12.9. The van der Waals surface area contributed by atoms with Gasteiger partial charge in [-0.1, -0.05) is 13.8 Å². The molecule has 3 rings (SSSR count). The molecule has 0 spiro atoms. The lowest BCUT2D eigenvalue weighted by Crippen LogP contribution is -2.49. The van der Waals surface area contributed by atoms with E-state index in [-0.39, 0.29) is 24.4 Å². The highest BCUT2D eigenvalue weighted by atomic mass is 35.5. The molecule has 1 aromatic rings. The summed E-state index contributed by atoms with van der Waals surface area (Å²) in [5.41, 5.74) is 2.74. The minimum atomic E-state index is 0. The van der Waals surface area contributed by atoms with Crippen LogP contribution in [-0.4, -0.2) is 53.3 Å². The third-order valence-corrected chi connectivity index (χ3v) is 4.24. The SMILES string of the molecule is CC(C)CC1COCCN1C(=O)c1n[nH]c2c1CNCC2.Cl. The quantitative estimate of drug-likeness (QED) is 0.879. The lowest BCUT2D eigenvalue weighted by molar-refractivity contribution is -0.00782. The monoisotopic (exact) mass is 328 g/mol. The van der Waals surface area contributed by atoms with Gasteiger partial charge in [-0.2, -0.15) is 5.10 Å². The van der Waals surface area contributed by atoms with Crippen molar-refractivity contribution in [1.29, 1.82) is 0 Å². The van der Waals surface area contributed by atoms with Gasteiger partial charge in [0.05, 0.1) is 19.3 Å². The summed E-state index contributed by atoms with van der Waals surface area (Å²) >= 11 is 0. The Morgan fingerprint density at radius 3 is 3.09 bits per heavy atom. The van der Waals surface area contributed by atoms with Gasteiger partial charge in [0, 0.05) is 37.3 Å². The van der Waals surface area contributed by atoms with Crippen LogP contribution in [0.3, 0.4) is 0 Å². The summed E-state index contributed by atoms with van der Waals surface area (Å²) in [4.78, 5) is 14.8. The van der Waals surface area contributed by atoms with Crippen LogP contribution in [0.2, 0.25) is 0 Å². The largest absolute Gasteiger partial charge is 0.377 e. The van der Waals surface area contributed by atoms with Crippen molar-refractivity contribution in [2.24, 2.45) is 5.92 Å². The molecule has 0 saturated carbocycles. The molecule has 1 amide bonds. The lowest BCUT2D eigenvalue weighted by Gasteiger charge is -2.36. The zero-order valence-electron chi connectivity index (χ0n) is 13.2. The third kappa shape index (κ3) is 3.45. The second-order valence-electron chi connectivity index (χ2n) is 6.31. The molecule has 3 heterocycles. The Morgan fingerprint density at radius 1 is 1.50 bits per heavy atom. The maximum atomic E-state index is 12.9. The number of hydrogen-bond acceptors (Lipinski definition) is 4. The summed E-state index contributed by atoms with van der Waals surface area (Å²) < 4.78 is 5.56. The van der Waals surface area contributed by atoms with Gasteiger partial charge in [-0.3, -0.25) is 9.89 Å². The molecular weight excluding hydrogens is 304 g/mol. The van der Waals surface area contributed by atoms with Crippen molar-refractivity contribution in [3.8, 4) is 0 Å². The normalized spacial score (nSPS) is 21.4. The number of hydrogen-bond donors (Lipinski definition) is 2. The first-order chi connectivity index (χ1) is 10.2. The standard InChI is InChI=1S/C15H24N4O2.ClH/c1-10(2)7-11-9-21-6-5-19(11)15(20)14-12-8-16-4-3-13(12)17-18-14;/h10-11,16H,3-9H2,1-2H3,(H,17,18);1H. The summed E-state index contributed by atoms with van der Waals surface area (Å²) in [6.07, 6.45) is 1.88. The number of fused-ring (bicyclic) bond motifs is 1. The summed E-state index contributed by atoms with van der Waals surface area (Å²) in [5.74, 6) is 0.590. The average molecular weight is 329 g/mol. The highest BCUT2D eigenvalue weighted by molar-refractivity contribution is 5.94. The second kappa shape index (κ2) is 7.44. The number of H-pyrrole nitrogens is 1. The summed E-state index contributed by atoms with van der Waals surface area (Å²) in [6.45, 7) is 7.93. The van der Waals surface area contributed by atoms with Gasteiger partial charge in [0.1, 0.15) is 0 Å². The first-order valence-corrected chi connectivity index (χ1v) is 7.82. The average Bonchev–Trinajstić information content (AvgIpc) is 2.90. The Kier molecular flexibility index (Phi) is 5.83. The van der Waals surface area contributed by atoms with E-state index < -0.39 is 0 Å². The van der Waals surface area contributed by atoms with Gasteiger partial charge >= 0.3 is 0 Å². The van der Waals surface area contributed by atoms with E-state index >= 15 is 0 Å². The van der Waals surface area contributed by atoms with E-state index in [9.17, 15) is 4.79 Å². The predicted molar refractivity (Wildman–Crippen MR) is 86.3 cm³/mol. The van der Waals surface area contributed by atoms with Crippen molar-refractivity contribution in [2.45, 2.75) is 39.3 Å². The number of ether oxygens (including phenoxy) is 1. The van der Waals surface area contributed by atoms with E-state index in [0.29, 0.717) is 31.4 Å². The molecule has 1 atom stereocenters. The van der Waals surface area contributed by atoms with Crippen LogP contribution in [0.5, 0.6) is 0 Å². The number of halogens is 1. The fraction of sp³-hybridized carbons (Fsp3) is 0.733. The van der Waals surface area contributed by atoms with E-state index in [1.165, 1.54) is 0 Å². The highest BCUT2D eigenvalue weighted by Crippen LogP contribution is 2.21. The first-order valence-electron chi connectivity index (χ1n) is 7.82. The van der Waals surface area contributed by atoms with Crippen molar-refractivity contribution in [3.63, 3.8) is 0 Å². The van der Waals surface area contributed by atoms with Crippen molar-refractivity contribution in [2.75, 3.05) is 26.3 Å². The molecule has 124 valence electrons. The van der Waals surface area contributed by atoms with E-state index in [1.807, 2.05) is 4.90 Å². The zero-order valence-corrected chi connectivity index (χ0v) is 14.0. The molecule has 7 heteroatoms. The predicted octanol–water partition coefficient (Wildman–Crippen LogP) is 1.36. The van der Waals surface area contributed by atoms with Gasteiger partial charge in [-0.05, 0) is 12.3 Å². The summed E-state index contributed by atoms with van der Waals surface area (Å²) in [7, 11) is 0. The molecule has 6 nitrogen and oxygen atoms in total. The molecule has 0 aromatic carbocycles. The number of rotatable bonds is 3. The molecule has 2 aliphatic rings. The van der Waals surface area contributed by atoms with Crippen LogP contribution in [-0.2, 0) is 17.7 Å². The molecule has 1 unspecified atom stereocenters. The van der Waals surface area contributed by atoms with Crippen molar-refractivity contribution < 1.29 is 9.53 Å². The summed E-state index contributed by atoms with van der Waals surface area (Å²) in [6, 6.07) is 0.162. The van der Waals surface area contributed by atoms with Crippen LogP contribution in [0.25, 0.3) is 0 Å². The smallest absolute Gasteiger partial charge is 0.275 e. The van der Waals surface area contributed by atoms with Crippen molar-refractivity contribution in [1.82, 2.24) is 20.4 Å². The molecule has 2 aliphatic heterocycles. The zero-order chi connectivity index (χ0) is 14.8. The van der Waals surface area contributed by atoms with Crippen molar-refractivity contribution >= 4 is 18.3 Å². The fourth-order valence-electron chi connectivity index (χ4n) is 3.20. The van der Waals surface area contributed by atoms with Crippen molar-refractivity contribution in [3.05, 3.63) is 17.0 Å². The Labute approximate surface area is 137 Å². The molecule has 1 aromatic heterocycles. The van der Waals surface area contributed by atoms with Gasteiger partial charge in [-0.15, -0.1) is 12.4 Å². The molecule has 2 N–H and O–H groups in total. The van der Waals surface area contributed by atoms with E-state index in [4.69, 9.17) is 4.74 Å². The molecule has 1 saturated heterocycles. The number of nitrogens with one attached hydrogen (secondary N) is 2. The number of carbonyl (C=O) groups excluding carboxylic acids is 1. The fourth-order valence-corrected chi connectivity index (χ4v) is 3.20. The number of aromatic amines is 1. The minimum Gasteiger partial charge on any atom is -0.377 e. The molecule has 0 aliphatic carbocycles. The van der Waals surface area contributed by atoms with Crippen LogP contribution in [0.4, 0.5) is 0 Å². The van der Waals surface area contributed by atoms with Gasteiger partial charge in [0.2, 0.25) is 0 Å². The van der Waals surface area contributed by atoms with E-state index in [2.05, 4.69) is 29.4 Å². The number of nitrogens with zero attached hydrogens (tertiary/aromatic N) is 2. The molecule has 0 bridgehead atoms. The number of carbonyl (C=O) groups is 1. The molecule has 22 heavy (non-hydrogen) atoms. The Balaban J connectivity index is 0.00000176. The second-order valence-corrected chi connectivity index (χ2v) is 6.31. The third-order valence-electron chi connectivity index (χ3n) is 4.24. The van der Waals surface area contributed by atoms with E-state index in [0.717, 1.165) is 37.2 Å². The van der Waals surface area contributed by atoms with Gasteiger partial charge in [0.15, 0.2) is 5.69 Å². The number of morpholine rings is 1. The highest BCUT2D eigenvalue weighted by Gasteiger charge is 2.32. The number of aromatic nitrogens is 2. The molecular formula is C15H25ClN4O2. The van der Waals surface area contributed by atoms with Crippen LogP contribution in [0.15, 0.2) is 0 Å². The minimum absolute atomic E-state index is 0. The lowest BCUT2D eigenvalue weighted by atomic mass is 10.0. The van der Waals surface area contributed by atoms with Gasteiger partial charge in [0.25, 0.3) is 5.91 Å². The number of amides is 1. The maximum Gasteiger partial charge on any atom is 0.275 e. The molecule has 0 radical (unpaired) electrons. The Hall–Kier alpha value is -1.11. The van der Waals surface area contributed by atoms with Crippen LogP contribution in [0, 0.1) is 5.92 Å².